The van der Waals surface area contributed by atoms with E-state index in [4.69, 9.17) is 0 Å². The zero-order valence-corrected chi connectivity index (χ0v) is 10.7. The molecule has 3 unspecified atom stereocenters. The van der Waals surface area contributed by atoms with Crippen molar-refractivity contribution >= 4 is 0 Å². The Kier molecular flexibility index (Phi) is 4.16. The molecule has 1 aliphatic carbocycles. The summed E-state index contributed by atoms with van der Waals surface area (Å²) in [6, 6.07) is 7.46. The summed E-state index contributed by atoms with van der Waals surface area (Å²) >= 11 is 0. The maximum absolute atomic E-state index is 13.0. The van der Waals surface area contributed by atoms with Crippen molar-refractivity contribution in [2.45, 2.75) is 45.7 Å². The van der Waals surface area contributed by atoms with E-state index in [0.717, 1.165) is 23.9 Å². The third-order valence-electron chi connectivity index (χ3n) is 3.89. The first kappa shape index (κ1) is 12.6. The minimum Gasteiger partial charge on any atom is -0.310 e. The van der Waals surface area contributed by atoms with Gasteiger partial charge in [0.15, 0.2) is 0 Å². The van der Waals surface area contributed by atoms with Crippen LogP contribution in [0.1, 0.15) is 38.7 Å². The van der Waals surface area contributed by atoms with Crippen molar-refractivity contribution in [3.05, 3.63) is 35.6 Å². The van der Waals surface area contributed by atoms with Gasteiger partial charge in [0.25, 0.3) is 0 Å². The Balaban J connectivity index is 1.86. The lowest BCUT2D eigenvalue weighted by atomic mass is 9.80. The molecule has 1 nitrogen and oxygen atoms in total. The summed E-state index contributed by atoms with van der Waals surface area (Å²) in [6.07, 6.45) is 3.86. The average Bonchev–Trinajstić information content (AvgIpc) is 2.28. The fraction of sp³-hybridized carbons (Fsp3) is 0.600. The molecule has 1 aromatic carbocycles. The lowest BCUT2D eigenvalue weighted by Gasteiger charge is -2.33. The molecule has 0 spiro atoms. The van der Waals surface area contributed by atoms with Gasteiger partial charge in [0, 0.05) is 12.6 Å². The van der Waals surface area contributed by atoms with Crippen molar-refractivity contribution in [3.63, 3.8) is 0 Å². The largest absolute Gasteiger partial charge is 0.310 e. The van der Waals surface area contributed by atoms with Crippen molar-refractivity contribution in [2.75, 3.05) is 0 Å². The predicted octanol–water partition coefficient (Wildman–Crippen LogP) is 3.74. The SMILES string of the molecule is CC1CCC(NCc2cccc(F)c2)C(C)C1. The number of nitrogens with one attached hydrogen (secondary N) is 1. The van der Waals surface area contributed by atoms with Crippen LogP contribution in [0.5, 0.6) is 0 Å². The normalized spacial score (nSPS) is 29.2. The minimum atomic E-state index is -0.144. The third kappa shape index (κ3) is 3.53. The van der Waals surface area contributed by atoms with E-state index in [1.807, 2.05) is 6.07 Å². The molecule has 0 aliphatic heterocycles. The highest BCUT2D eigenvalue weighted by Gasteiger charge is 2.24. The van der Waals surface area contributed by atoms with E-state index < -0.39 is 0 Å². The number of rotatable bonds is 3. The van der Waals surface area contributed by atoms with Gasteiger partial charge >= 0.3 is 0 Å². The standard InChI is InChI=1S/C15H22FN/c1-11-6-7-15(12(2)8-11)17-10-13-4-3-5-14(16)9-13/h3-5,9,11-12,15,17H,6-8,10H2,1-2H3. The van der Waals surface area contributed by atoms with Gasteiger partial charge in [0.2, 0.25) is 0 Å². The van der Waals surface area contributed by atoms with Crippen molar-refractivity contribution in [2.24, 2.45) is 11.8 Å². The van der Waals surface area contributed by atoms with Gasteiger partial charge in [-0.1, -0.05) is 26.0 Å². The van der Waals surface area contributed by atoms with Crippen LogP contribution in [0.3, 0.4) is 0 Å². The van der Waals surface area contributed by atoms with Crippen LogP contribution in [0.2, 0.25) is 0 Å². The Morgan fingerprint density at radius 2 is 2.12 bits per heavy atom. The van der Waals surface area contributed by atoms with Crippen molar-refractivity contribution < 1.29 is 4.39 Å². The second-order valence-corrected chi connectivity index (χ2v) is 5.51. The van der Waals surface area contributed by atoms with Crippen molar-refractivity contribution in [1.29, 1.82) is 0 Å². The fourth-order valence-electron chi connectivity index (χ4n) is 2.86. The molecule has 2 rings (SSSR count). The molecule has 0 saturated heterocycles. The molecule has 0 amide bonds. The third-order valence-corrected chi connectivity index (χ3v) is 3.89. The topological polar surface area (TPSA) is 12.0 Å². The number of hydrogen-bond acceptors (Lipinski definition) is 1. The van der Waals surface area contributed by atoms with Gasteiger partial charge in [-0.25, -0.2) is 4.39 Å². The second-order valence-electron chi connectivity index (χ2n) is 5.51. The highest BCUT2D eigenvalue weighted by Crippen LogP contribution is 2.28. The maximum Gasteiger partial charge on any atom is 0.123 e. The van der Waals surface area contributed by atoms with Crippen LogP contribution in [-0.2, 0) is 6.54 Å². The Bertz CT molecular complexity index is 364. The molecule has 1 N–H and O–H groups in total. The van der Waals surface area contributed by atoms with E-state index in [1.54, 1.807) is 12.1 Å². The molecule has 1 saturated carbocycles. The van der Waals surface area contributed by atoms with Gasteiger partial charge < -0.3 is 5.32 Å². The summed E-state index contributed by atoms with van der Waals surface area (Å²) in [5.41, 5.74) is 1.04. The highest BCUT2D eigenvalue weighted by atomic mass is 19.1. The fourth-order valence-corrected chi connectivity index (χ4v) is 2.86. The first-order chi connectivity index (χ1) is 8.15. The lowest BCUT2D eigenvalue weighted by Crippen LogP contribution is -2.38. The Hall–Kier alpha value is -0.890. The average molecular weight is 235 g/mol. The van der Waals surface area contributed by atoms with Crippen molar-refractivity contribution in [1.82, 2.24) is 5.32 Å². The summed E-state index contributed by atoms with van der Waals surface area (Å²) in [5.74, 6) is 1.44. The van der Waals surface area contributed by atoms with Crippen LogP contribution in [0.25, 0.3) is 0 Å². The van der Waals surface area contributed by atoms with Gasteiger partial charge in [-0.15, -0.1) is 0 Å². The van der Waals surface area contributed by atoms with E-state index in [2.05, 4.69) is 19.2 Å². The van der Waals surface area contributed by atoms with Gasteiger partial charge in [0.05, 0.1) is 0 Å². The molecule has 94 valence electrons. The molecule has 2 heteroatoms. The molecule has 1 aliphatic rings. The maximum atomic E-state index is 13.0. The van der Waals surface area contributed by atoms with Gasteiger partial charge in [-0.2, -0.15) is 0 Å². The molecule has 1 aromatic rings. The quantitative estimate of drug-likeness (QED) is 0.841. The molecule has 3 atom stereocenters. The summed E-state index contributed by atoms with van der Waals surface area (Å²) in [6.45, 7) is 5.43. The van der Waals surface area contributed by atoms with E-state index in [-0.39, 0.29) is 5.82 Å². The Morgan fingerprint density at radius 1 is 1.29 bits per heavy atom. The zero-order valence-electron chi connectivity index (χ0n) is 10.7. The first-order valence-electron chi connectivity index (χ1n) is 6.63. The predicted molar refractivity (Wildman–Crippen MR) is 69.2 cm³/mol. The zero-order chi connectivity index (χ0) is 12.3. The van der Waals surface area contributed by atoms with Gasteiger partial charge in [0.1, 0.15) is 5.82 Å². The van der Waals surface area contributed by atoms with Gasteiger partial charge in [-0.05, 0) is 48.8 Å². The summed E-state index contributed by atoms with van der Waals surface area (Å²) < 4.78 is 13.0. The van der Waals surface area contributed by atoms with Crippen LogP contribution < -0.4 is 5.32 Å². The Morgan fingerprint density at radius 3 is 2.82 bits per heavy atom. The second kappa shape index (κ2) is 5.63. The van der Waals surface area contributed by atoms with E-state index in [9.17, 15) is 4.39 Å². The lowest BCUT2D eigenvalue weighted by molar-refractivity contribution is 0.227. The van der Waals surface area contributed by atoms with E-state index >= 15 is 0 Å². The molecule has 1 fully saturated rings. The monoisotopic (exact) mass is 235 g/mol. The Labute approximate surface area is 103 Å². The molecular formula is C15H22FN. The highest BCUT2D eigenvalue weighted by molar-refractivity contribution is 5.16. The summed E-state index contributed by atoms with van der Waals surface area (Å²) in [4.78, 5) is 0. The summed E-state index contributed by atoms with van der Waals surface area (Å²) in [7, 11) is 0. The first-order valence-corrected chi connectivity index (χ1v) is 6.63. The molecule has 0 bridgehead atoms. The van der Waals surface area contributed by atoms with Crippen LogP contribution in [0.15, 0.2) is 24.3 Å². The molecule has 17 heavy (non-hydrogen) atoms. The summed E-state index contributed by atoms with van der Waals surface area (Å²) in [5, 5.41) is 3.57. The van der Waals surface area contributed by atoms with E-state index in [1.165, 1.54) is 25.3 Å². The number of benzene rings is 1. The van der Waals surface area contributed by atoms with Crippen LogP contribution >= 0.6 is 0 Å². The smallest absolute Gasteiger partial charge is 0.123 e. The van der Waals surface area contributed by atoms with E-state index in [0.29, 0.717) is 6.04 Å². The number of hydrogen-bond donors (Lipinski definition) is 1. The molecule has 0 radical (unpaired) electrons. The van der Waals surface area contributed by atoms with Gasteiger partial charge in [-0.3, -0.25) is 0 Å². The van der Waals surface area contributed by atoms with Crippen LogP contribution in [-0.4, -0.2) is 6.04 Å². The molecular weight excluding hydrogens is 213 g/mol. The molecule has 0 aromatic heterocycles. The van der Waals surface area contributed by atoms with Crippen LogP contribution in [0, 0.1) is 17.7 Å². The minimum absolute atomic E-state index is 0.144. The van der Waals surface area contributed by atoms with Crippen LogP contribution in [0.4, 0.5) is 4.39 Å². The molecule has 0 heterocycles. The number of halogens is 1. The van der Waals surface area contributed by atoms with Crippen molar-refractivity contribution in [3.8, 4) is 0 Å².